The summed E-state index contributed by atoms with van der Waals surface area (Å²) in [4.78, 5) is 20.6. The Bertz CT molecular complexity index is 767. The van der Waals surface area contributed by atoms with Crippen molar-refractivity contribution in [2.24, 2.45) is 0 Å². The molecule has 0 aliphatic heterocycles. The first kappa shape index (κ1) is 14.7. The fourth-order valence-corrected chi connectivity index (χ4v) is 3.26. The number of carbonyl (C=O) groups is 1. The molecule has 112 valence electrons. The average molecular weight is 330 g/mol. The minimum Gasteiger partial charge on any atom is -0.332 e. The highest BCUT2D eigenvalue weighted by Crippen LogP contribution is 2.21. The van der Waals surface area contributed by atoms with Gasteiger partial charge in [-0.25, -0.2) is 9.97 Å². The van der Waals surface area contributed by atoms with Crippen LogP contribution >= 0.6 is 22.7 Å². The van der Waals surface area contributed by atoms with Crippen LogP contribution in [0.15, 0.2) is 41.1 Å². The molecule has 5 nitrogen and oxygen atoms in total. The molecule has 2 aromatic heterocycles. The summed E-state index contributed by atoms with van der Waals surface area (Å²) in [6, 6.07) is 9.82. The first-order valence-corrected chi connectivity index (χ1v) is 8.43. The molecule has 0 saturated carbocycles. The van der Waals surface area contributed by atoms with Crippen LogP contribution in [0.25, 0.3) is 0 Å². The summed E-state index contributed by atoms with van der Waals surface area (Å²) >= 11 is 2.90. The maximum absolute atomic E-state index is 12.0. The zero-order valence-corrected chi connectivity index (χ0v) is 13.5. The van der Waals surface area contributed by atoms with E-state index in [2.05, 4.69) is 20.6 Å². The van der Waals surface area contributed by atoms with E-state index in [0.717, 1.165) is 22.2 Å². The van der Waals surface area contributed by atoms with Crippen LogP contribution in [0.2, 0.25) is 0 Å². The smallest absolute Gasteiger partial charge is 0.232 e. The minimum absolute atomic E-state index is 0.106. The third kappa shape index (κ3) is 3.90. The lowest BCUT2D eigenvalue weighted by Gasteiger charge is -2.01. The van der Waals surface area contributed by atoms with Crippen LogP contribution in [-0.4, -0.2) is 15.9 Å². The highest BCUT2D eigenvalue weighted by molar-refractivity contribution is 7.14. The molecule has 2 heterocycles. The monoisotopic (exact) mass is 330 g/mol. The van der Waals surface area contributed by atoms with Crippen molar-refractivity contribution in [2.75, 3.05) is 10.6 Å². The predicted molar refractivity (Wildman–Crippen MR) is 91.0 cm³/mol. The van der Waals surface area contributed by atoms with Crippen LogP contribution in [0.1, 0.15) is 11.4 Å². The second-order valence-electron chi connectivity index (χ2n) is 4.65. The number of hydrogen-bond acceptors (Lipinski definition) is 6. The van der Waals surface area contributed by atoms with Gasteiger partial charge in [-0.15, -0.1) is 22.7 Å². The van der Waals surface area contributed by atoms with E-state index in [0.29, 0.717) is 5.13 Å². The van der Waals surface area contributed by atoms with Gasteiger partial charge in [0.15, 0.2) is 10.3 Å². The number of para-hydroxylation sites is 1. The lowest BCUT2D eigenvalue weighted by atomic mass is 10.3. The number of anilines is 3. The van der Waals surface area contributed by atoms with Crippen molar-refractivity contribution in [2.45, 2.75) is 13.3 Å². The summed E-state index contributed by atoms with van der Waals surface area (Å²) in [5.74, 6) is -0.106. The van der Waals surface area contributed by atoms with E-state index in [-0.39, 0.29) is 12.3 Å². The van der Waals surface area contributed by atoms with Crippen LogP contribution in [0.3, 0.4) is 0 Å². The highest BCUT2D eigenvalue weighted by atomic mass is 32.1. The van der Waals surface area contributed by atoms with Crippen molar-refractivity contribution >= 4 is 44.5 Å². The quantitative estimate of drug-likeness (QED) is 0.746. The Morgan fingerprint density at radius 1 is 1.09 bits per heavy atom. The molecule has 22 heavy (non-hydrogen) atoms. The summed E-state index contributed by atoms with van der Waals surface area (Å²) in [6.45, 7) is 1.90. The van der Waals surface area contributed by atoms with E-state index < -0.39 is 0 Å². The van der Waals surface area contributed by atoms with Gasteiger partial charge in [-0.05, 0) is 19.1 Å². The first-order chi connectivity index (χ1) is 10.7. The van der Waals surface area contributed by atoms with E-state index in [4.69, 9.17) is 0 Å². The molecule has 7 heteroatoms. The maximum Gasteiger partial charge on any atom is 0.232 e. The van der Waals surface area contributed by atoms with Crippen molar-refractivity contribution < 1.29 is 4.79 Å². The average Bonchev–Trinajstić information content (AvgIpc) is 3.09. The van der Waals surface area contributed by atoms with Crippen LogP contribution in [-0.2, 0) is 11.2 Å². The normalized spacial score (nSPS) is 10.4. The van der Waals surface area contributed by atoms with Crippen molar-refractivity contribution in [3.05, 3.63) is 52.5 Å². The molecule has 2 N–H and O–H groups in total. The van der Waals surface area contributed by atoms with E-state index in [1.807, 2.05) is 48.0 Å². The third-order valence-electron chi connectivity index (χ3n) is 2.78. The predicted octanol–water partition coefficient (Wildman–Crippen LogP) is 3.83. The van der Waals surface area contributed by atoms with Gasteiger partial charge in [0.2, 0.25) is 5.91 Å². The topological polar surface area (TPSA) is 66.9 Å². The summed E-state index contributed by atoms with van der Waals surface area (Å²) in [5.41, 5.74) is 2.63. The molecule has 1 aromatic carbocycles. The number of nitrogens with one attached hydrogen (secondary N) is 2. The second-order valence-corrected chi connectivity index (χ2v) is 6.37. The molecule has 1 amide bonds. The highest BCUT2D eigenvalue weighted by Gasteiger charge is 2.10. The number of rotatable bonds is 5. The molecular formula is C15H14N4OS2. The van der Waals surface area contributed by atoms with Crippen LogP contribution in [0, 0.1) is 6.92 Å². The number of nitrogens with zero attached hydrogens (tertiary/aromatic N) is 2. The Hall–Kier alpha value is -2.25. The van der Waals surface area contributed by atoms with E-state index in [9.17, 15) is 4.79 Å². The molecule has 0 saturated heterocycles. The van der Waals surface area contributed by atoms with Crippen molar-refractivity contribution in [1.82, 2.24) is 9.97 Å². The van der Waals surface area contributed by atoms with Crippen molar-refractivity contribution in [3.8, 4) is 0 Å². The van der Waals surface area contributed by atoms with E-state index >= 15 is 0 Å². The standard InChI is InChI=1S/C15H14N4OS2/c1-10-8-21-14(16-10)19-13(20)7-12-9-22-15(18-12)17-11-5-3-2-4-6-11/h2-6,8-9H,7H2,1H3,(H,17,18)(H,16,19,20). The molecule has 0 aliphatic carbocycles. The summed E-state index contributed by atoms with van der Waals surface area (Å²) in [6.07, 6.45) is 0.242. The largest absolute Gasteiger partial charge is 0.332 e. The fraction of sp³-hybridized carbons (Fsp3) is 0.133. The van der Waals surface area contributed by atoms with Crippen LogP contribution in [0.4, 0.5) is 16.0 Å². The van der Waals surface area contributed by atoms with Crippen LogP contribution in [0.5, 0.6) is 0 Å². The molecule has 0 aliphatic rings. The third-order valence-corrected chi connectivity index (χ3v) is 4.47. The lowest BCUT2D eigenvalue weighted by Crippen LogP contribution is -2.14. The van der Waals surface area contributed by atoms with E-state index in [1.165, 1.54) is 22.7 Å². The Morgan fingerprint density at radius 2 is 1.86 bits per heavy atom. The number of thiazole rings is 2. The summed E-state index contributed by atoms with van der Waals surface area (Å²) in [7, 11) is 0. The Kier molecular flexibility index (Phi) is 4.45. The lowest BCUT2D eigenvalue weighted by molar-refractivity contribution is -0.115. The molecule has 0 unspecified atom stereocenters. The number of amides is 1. The van der Waals surface area contributed by atoms with Gasteiger partial charge in [0, 0.05) is 16.4 Å². The van der Waals surface area contributed by atoms with Gasteiger partial charge in [0.05, 0.1) is 17.8 Å². The van der Waals surface area contributed by atoms with Gasteiger partial charge in [-0.3, -0.25) is 4.79 Å². The van der Waals surface area contributed by atoms with Gasteiger partial charge < -0.3 is 10.6 Å². The summed E-state index contributed by atoms with van der Waals surface area (Å²) in [5, 5.41) is 11.2. The zero-order valence-electron chi connectivity index (χ0n) is 11.9. The van der Waals surface area contributed by atoms with Crippen molar-refractivity contribution in [3.63, 3.8) is 0 Å². The van der Waals surface area contributed by atoms with Gasteiger partial charge in [-0.1, -0.05) is 18.2 Å². The van der Waals surface area contributed by atoms with Gasteiger partial charge in [0.25, 0.3) is 0 Å². The molecule has 0 radical (unpaired) electrons. The van der Waals surface area contributed by atoms with Crippen molar-refractivity contribution in [1.29, 1.82) is 0 Å². The SMILES string of the molecule is Cc1csc(NC(=O)Cc2csc(Nc3ccccc3)n2)n1. The summed E-state index contributed by atoms with van der Waals surface area (Å²) < 4.78 is 0. The Balaban J connectivity index is 1.58. The van der Waals surface area contributed by atoms with Gasteiger partial charge in [0.1, 0.15) is 0 Å². The number of hydrogen-bond donors (Lipinski definition) is 2. The number of benzene rings is 1. The second kappa shape index (κ2) is 6.67. The van der Waals surface area contributed by atoms with E-state index in [1.54, 1.807) is 0 Å². The Labute approximate surface area is 136 Å². The Morgan fingerprint density at radius 3 is 2.59 bits per heavy atom. The molecule has 0 atom stereocenters. The number of aryl methyl sites for hydroxylation is 1. The van der Waals surface area contributed by atoms with Gasteiger partial charge >= 0.3 is 0 Å². The molecule has 0 spiro atoms. The van der Waals surface area contributed by atoms with Gasteiger partial charge in [-0.2, -0.15) is 0 Å². The first-order valence-electron chi connectivity index (χ1n) is 6.67. The molecule has 0 fully saturated rings. The zero-order chi connectivity index (χ0) is 15.4. The fourth-order valence-electron chi connectivity index (χ4n) is 1.83. The molecular weight excluding hydrogens is 316 g/mol. The number of carbonyl (C=O) groups excluding carboxylic acids is 1. The van der Waals surface area contributed by atoms with Crippen LogP contribution < -0.4 is 10.6 Å². The maximum atomic E-state index is 12.0. The number of aromatic nitrogens is 2. The minimum atomic E-state index is -0.106. The molecule has 3 aromatic rings. The molecule has 3 rings (SSSR count). The molecule has 0 bridgehead atoms.